The van der Waals surface area contributed by atoms with E-state index < -0.39 is 0 Å². The molecule has 0 spiro atoms. The quantitative estimate of drug-likeness (QED) is 0.512. The van der Waals surface area contributed by atoms with Gasteiger partial charge in [0.25, 0.3) is 5.89 Å². The van der Waals surface area contributed by atoms with Gasteiger partial charge in [0.1, 0.15) is 11.3 Å². The molecule has 4 aromatic rings. The molecule has 2 heterocycles. The molecule has 0 saturated carbocycles. The molecule has 4 rings (SSSR count). The maximum absolute atomic E-state index is 11.4. The average molecular weight is 348 g/mol. The van der Waals surface area contributed by atoms with Gasteiger partial charge >= 0.3 is 5.63 Å². The first kappa shape index (κ1) is 16.1. The van der Waals surface area contributed by atoms with E-state index in [0.29, 0.717) is 29.5 Å². The minimum absolute atomic E-state index is 0.170. The number of rotatable bonds is 5. The molecule has 0 atom stereocenters. The van der Waals surface area contributed by atoms with E-state index in [1.165, 1.54) is 6.07 Å². The highest BCUT2D eigenvalue weighted by Crippen LogP contribution is 2.23. The summed E-state index contributed by atoms with van der Waals surface area (Å²) in [5.41, 5.74) is 2.13. The van der Waals surface area contributed by atoms with Crippen LogP contribution in [0.25, 0.3) is 11.0 Å². The molecule has 0 bridgehead atoms. The Morgan fingerprint density at radius 1 is 1.08 bits per heavy atom. The SMILES string of the molecule is Cc1cc(=O)oc2ccc(OCc3nc(Cc4ccccc4)no3)cc12. The van der Waals surface area contributed by atoms with Crippen LogP contribution in [-0.4, -0.2) is 10.1 Å². The van der Waals surface area contributed by atoms with Gasteiger partial charge in [-0.2, -0.15) is 4.98 Å². The number of nitrogens with zero attached hydrogens (tertiary/aromatic N) is 2. The van der Waals surface area contributed by atoms with E-state index in [1.54, 1.807) is 12.1 Å². The van der Waals surface area contributed by atoms with Crippen LogP contribution in [0.1, 0.15) is 22.8 Å². The minimum Gasteiger partial charge on any atom is -0.484 e. The fourth-order valence-corrected chi connectivity index (χ4v) is 2.73. The lowest BCUT2D eigenvalue weighted by molar-refractivity contribution is 0.242. The lowest BCUT2D eigenvalue weighted by Crippen LogP contribution is -1.99. The van der Waals surface area contributed by atoms with Crippen molar-refractivity contribution in [2.45, 2.75) is 20.0 Å². The number of benzene rings is 2. The molecule has 0 aliphatic heterocycles. The molecule has 0 saturated heterocycles. The molecular formula is C20H16N2O4. The number of aryl methyl sites for hydroxylation is 1. The molecule has 0 amide bonds. The molecule has 26 heavy (non-hydrogen) atoms. The third kappa shape index (κ3) is 3.49. The molecule has 0 N–H and O–H groups in total. The standard InChI is InChI=1S/C20H16N2O4/c1-13-9-20(23)25-17-8-7-15(11-16(13)17)24-12-19-21-18(22-26-19)10-14-5-3-2-4-6-14/h2-9,11H,10,12H2,1H3. The first-order valence-corrected chi connectivity index (χ1v) is 8.20. The third-order valence-electron chi connectivity index (χ3n) is 4.00. The zero-order chi connectivity index (χ0) is 17.9. The zero-order valence-corrected chi connectivity index (χ0v) is 14.1. The predicted molar refractivity (Wildman–Crippen MR) is 95.1 cm³/mol. The smallest absolute Gasteiger partial charge is 0.336 e. The Morgan fingerprint density at radius 2 is 1.92 bits per heavy atom. The van der Waals surface area contributed by atoms with Crippen LogP contribution in [0.3, 0.4) is 0 Å². The van der Waals surface area contributed by atoms with Crippen LogP contribution in [0.4, 0.5) is 0 Å². The van der Waals surface area contributed by atoms with Crippen LogP contribution < -0.4 is 10.4 Å². The highest BCUT2D eigenvalue weighted by molar-refractivity contribution is 5.81. The minimum atomic E-state index is -0.361. The van der Waals surface area contributed by atoms with Gasteiger partial charge < -0.3 is 13.7 Å². The van der Waals surface area contributed by atoms with E-state index in [-0.39, 0.29) is 12.2 Å². The number of hydrogen-bond acceptors (Lipinski definition) is 6. The van der Waals surface area contributed by atoms with Crippen LogP contribution in [0.5, 0.6) is 5.75 Å². The van der Waals surface area contributed by atoms with Crippen molar-refractivity contribution in [3.05, 3.63) is 87.9 Å². The second-order valence-corrected chi connectivity index (χ2v) is 5.96. The van der Waals surface area contributed by atoms with E-state index in [9.17, 15) is 4.79 Å². The summed E-state index contributed by atoms with van der Waals surface area (Å²) in [7, 11) is 0. The summed E-state index contributed by atoms with van der Waals surface area (Å²) >= 11 is 0. The molecule has 6 heteroatoms. The van der Waals surface area contributed by atoms with Crippen LogP contribution in [0.15, 0.2) is 68.3 Å². The van der Waals surface area contributed by atoms with E-state index in [1.807, 2.05) is 43.3 Å². The van der Waals surface area contributed by atoms with Gasteiger partial charge in [-0.05, 0) is 36.2 Å². The summed E-state index contributed by atoms with van der Waals surface area (Å²) in [6.07, 6.45) is 0.610. The average Bonchev–Trinajstić information content (AvgIpc) is 3.08. The van der Waals surface area contributed by atoms with E-state index in [2.05, 4.69) is 10.1 Å². The van der Waals surface area contributed by atoms with Crippen molar-refractivity contribution >= 4 is 11.0 Å². The largest absolute Gasteiger partial charge is 0.484 e. The maximum Gasteiger partial charge on any atom is 0.336 e. The van der Waals surface area contributed by atoms with Gasteiger partial charge in [0, 0.05) is 17.9 Å². The molecule has 0 unspecified atom stereocenters. The van der Waals surface area contributed by atoms with Gasteiger partial charge in [-0.15, -0.1) is 0 Å². The summed E-state index contributed by atoms with van der Waals surface area (Å²) in [6, 6.07) is 16.7. The number of aromatic nitrogens is 2. The normalized spacial score (nSPS) is 11.0. The lowest BCUT2D eigenvalue weighted by atomic mass is 10.1. The van der Waals surface area contributed by atoms with Crippen molar-refractivity contribution in [1.82, 2.24) is 10.1 Å². The van der Waals surface area contributed by atoms with Crippen molar-refractivity contribution in [1.29, 1.82) is 0 Å². The topological polar surface area (TPSA) is 78.4 Å². The van der Waals surface area contributed by atoms with Crippen molar-refractivity contribution in [3.63, 3.8) is 0 Å². The first-order valence-electron chi connectivity index (χ1n) is 8.20. The predicted octanol–water partition coefficient (Wildman–Crippen LogP) is 3.65. The van der Waals surface area contributed by atoms with E-state index in [0.717, 1.165) is 16.5 Å². The summed E-state index contributed by atoms with van der Waals surface area (Å²) in [5, 5.41) is 4.81. The van der Waals surface area contributed by atoms with Gasteiger partial charge in [-0.1, -0.05) is 35.5 Å². The number of ether oxygens (including phenoxy) is 1. The molecule has 0 fully saturated rings. The van der Waals surface area contributed by atoms with Gasteiger partial charge in [-0.3, -0.25) is 0 Å². The highest BCUT2D eigenvalue weighted by atomic mass is 16.5. The van der Waals surface area contributed by atoms with Gasteiger partial charge in [0.2, 0.25) is 0 Å². The van der Waals surface area contributed by atoms with Crippen LogP contribution in [-0.2, 0) is 13.0 Å². The Morgan fingerprint density at radius 3 is 2.77 bits per heavy atom. The molecule has 0 aliphatic rings. The summed E-state index contributed by atoms with van der Waals surface area (Å²) in [4.78, 5) is 15.8. The lowest BCUT2D eigenvalue weighted by Gasteiger charge is -2.05. The second-order valence-electron chi connectivity index (χ2n) is 5.96. The molecule has 2 aromatic carbocycles. The van der Waals surface area contributed by atoms with Crippen LogP contribution >= 0.6 is 0 Å². The molecule has 130 valence electrons. The third-order valence-corrected chi connectivity index (χ3v) is 4.00. The highest BCUT2D eigenvalue weighted by Gasteiger charge is 2.09. The Bertz CT molecular complexity index is 1100. The first-order chi connectivity index (χ1) is 12.7. The van der Waals surface area contributed by atoms with Crippen molar-refractivity contribution in [2.75, 3.05) is 0 Å². The van der Waals surface area contributed by atoms with Crippen LogP contribution in [0, 0.1) is 6.92 Å². The molecule has 2 aromatic heterocycles. The number of hydrogen-bond donors (Lipinski definition) is 0. The Hall–Kier alpha value is -3.41. The van der Waals surface area contributed by atoms with E-state index >= 15 is 0 Å². The maximum atomic E-state index is 11.4. The fourth-order valence-electron chi connectivity index (χ4n) is 2.73. The Balaban J connectivity index is 1.46. The Labute approximate surface area is 149 Å². The number of fused-ring (bicyclic) bond motifs is 1. The second kappa shape index (κ2) is 6.84. The van der Waals surface area contributed by atoms with Gasteiger partial charge in [-0.25, -0.2) is 4.79 Å². The van der Waals surface area contributed by atoms with Crippen molar-refractivity contribution in [2.24, 2.45) is 0 Å². The Kier molecular flexibility index (Phi) is 4.23. The summed E-state index contributed by atoms with van der Waals surface area (Å²) in [5.74, 6) is 1.66. The zero-order valence-electron chi connectivity index (χ0n) is 14.1. The van der Waals surface area contributed by atoms with E-state index in [4.69, 9.17) is 13.7 Å². The summed E-state index contributed by atoms with van der Waals surface area (Å²) < 4.78 is 16.1. The van der Waals surface area contributed by atoms with Gasteiger partial charge in [0.05, 0.1) is 0 Å². The van der Waals surface area contributed by atoms with Gasteiger partial charge in [0.15, 0.2) is 12.4 Å². The van der Waals surface area contributed by atoms with Crippen molar-refractivity contribution < 1.29 is 13.7 Å². The van der Waals surface area contributed by atoms with Crippen LogP contribution in [0.2, 0.25) is 0 Å². The molecule has 0 radical (unpaired) electrons. The summed E-state index contributed by atoms with van der Waals surface area (Å²) in [6.45, 7) is 2.03. The monoisotopic (exact) mass is 348 g/mol. The fraction of sp³-hybridized carbons (Fsp3) is 0.150. The molecule has 0 aliphatic carbocycles. The molecule has 6 nitrogen and oxygen atoms in total. The molecular weight excluding hydrogens is 332 g/mol. The van der Waals surface area contributed by atoms with Crippen molar-refractivity contribution in [3.8, 4) is 5.75 Å².